The topological polar surface area (TPSA) is 107 Å². The molecule has 3 rings (SSSR count). The van der Waals surface area contributed by atoms with Gasteiger partial charge >= 0.3 is 0 Å². The van der Waals surface area contributed by atoms with Crippen LogP contribution in [0.5, 0.6) is 0 Å². The summed E-state index contributed by atoms with van der Waals surface area (Å²) in [7, 11) is 0. The van der Waals surface area contributed by atoms with Gasteiger partial charge in [-0.05, 0) is 31.2 Å². The first-order valence-corrected chi connectivity index (χ1v) is 6.71. The maximum absolute atomic E-state index is 5.92. The second-order valence-electron chi connectivity index (χ2n) is 4.85. The van der Waals surface area contributed by atoms with Crippen LogP contribution in [0.25, 0.3) is 5.65 Å². The minimum Gasteiger partial charge on any atom is -0.381 e. The van der Waals surface area contributed by atoms with Crippen molar-refractivity contribution in [1.82, 2.24) is 19.6 Å². The van der Waals surface area contributed by atoms with E-state index < -0.39 is 0 Å². The summed E-state index contributed by atoms with van der Waals surface area (Å²) < 4.78 is 1.63. The number of anilines is 3. The number of rotatable bonds is 4. The average molecular weight is 283 g/mol. The van der Waals surface area contributed by atoms with Crippen molar-refractivity contribution in [3.05, 3.63) is 41.7 Å². The molecule has 7 heteroatoms. The van der Waals surface area contributed by atoms with Gasteiger partial charge in [-0.2, -0.15) is 4.98 Å². The molecule has 0 unspecified atom stereocenters. The number of nitrogens with zero attached hydrogens (tertiary/aromatic N) is 4. The highest BCUT2D eigenvalue weighted by Crippen LogP contribution is 2.17. The molecular formula is C14H17N7. The molecule has 1 aromatic carbocycles. The van der Waals surface area contributed by atoms with Crippen molar-refractivity contribution in [2.45, 2.75) is 13.3 Å². The Morgan fingerprint density at radius 3 is 2.90 bits per heavy atom. The number of hydrogen-bond acceptors (Lipinski definition) is 6. The van der Waals surface area contributed by atoms with E-state index in [9.17, 15) is 0 Å². The molecule has 0 bridgehead atoms. The second kappa shape index (κ2) is 5.37. The molecule has 0 amide bonds. The van der Waals surface area contributed by atoms with Gasteiger partial charge in [0.2, 0.25) is 5.95 Å². The summed E-state index contributed by atoms with van der Waals surface area (Å²) >= 11 is 0. The van der Waals surface area contributed by atoms with E-state index in [1.54, 1.807) is 10.7 Å². The zero-order chi connectivity index (χ0) is 14.8. The first kappa shape index (κ1) is 13.3. The lowest BCUT2D eigenvalue weighted by Crippen LogP contribution is -2.08. The first-order chi connectivity index (χ1) is 10.2. The van der Waals surface area contributed by atoms with E-state index in [4.69, 9.17) is 11.5 Å². The van der Waals surface area contributed by atoms with E-state index in [2.05, 4.69) is 20.4 Å². The largest absolute Gasteiger partial charge is 0.381 e. The van der Waals surface area contributed by atoms with E-state index in [-0.39, 0.29) is 0 Å². The number of nitrogen functional groups attached to an aromatic ring is 1. The molecule has 0 saturated heterocycles. The molecule has 0 aliphatic heterocycles. The van der Waals surface area contributed by atoms with Gasteiger partial charge in [-0.1, -0.05) is 12.1 Å². The van der Waals surface area contributed by atoms with E-state index in [0.29, 0.717) is 30.4 Å². The fourth-order valence-corrected chi connectivity index (χ4v) is 2.14. The molecule has 108 valence electrons. The van der Waals surface area contributed by atoms with E-state index >= 15 is 0 Å². The Labute approximate surface area is 122 Å². The van der Waals surface area contributed by atoms with E-state index in [1.165, 1.54) is 0 Å². The fourth-order valence-electron chi connectivity index (χ4n) is 2.14. The minimum absolute atomic E-state index is 0.353. The summed E-state index contributed by atoms with van der Waals surface area (Å²) in [6, 6.07) is 7.99. The molecule has 0 radical (unpaired) electrons. The Kier molecular flexibility index (Phi) is 3.41. The van der Waals surface area contributed by atoms with Crippen LogP contribution in [0.3, 0.4) is 0 Å². The predicted molar refractivity (Wildman–Crippen MR) is 82.4 cm³/mol. The van der Waals surface area contributed by atoms with Crippen LogP contribution in [0.15, 0.2) is 30.5 Å². The Hall–Kier alpha value is -2.67. The number of aryl methyl sites for hydroxylation is 1. The van der Waals surface area contributed by atoms with Crippen LogP contribution in [-0.2, 0) is 6.42 Å². The highest BCUT2D eigenvalue weighted by Gasteiger charge is 2.09. The SMILES string of the molecule is Cc1cccc(Nc2nc3c(N)nc(CCN)cn3n2)c1. The minimum atomic E-state index is 0.353. The Morgan fingerprint density at radius 2 is 2.14 bits per heavy atom. The molecule has 21 heavy (non-hydrogen) atoms. The zero-order valence-corrected chi connectivity index (χ0v) is 11.7. The van der Waals surface area contributed by atoms with Crippen LogP contribution in [-0.4, -0.2) is 26.1 Å². The van der Waals surface area contributed by atoms with Crippen LogP contribution in [0.4, 0.5) is 17.5 Å². The summed E-state index contributed by atoms with van der Waals surface area (Å²) in [5, 5.41) is 7.54. The molecule has 5 N–H and O–H groups in total. The smallest absolute Gasteiger partial charge is 0.247 e. The molecule has 0 fully saturated rings. The summed E-state index contributed by atoms with van der Waals surface area (Å²) in [5.41, 5.74) is 14.9. The molecular weight excluding hydrogens is 266 g/mol. The normalized spacial score (nSPS) is 11.0. The molecule has 0 aliphatic rings. The van der Waals surface area contributed by atoms with Gasteiger partial charge in [0.25, 0.3) is 0 Å². The molecule has 0 spiro atoms. The van der Waals surface area contributed by atoms with Crippen molar-refractivity contribution in [3.63, 3.8) is 0 Å². The third-order valence-electron chi connectivity index (χ3n) is 3.07. The first-order valence-electron chi connectivity index (χ1n) is 6.71. The molecule has 2 heterocycles. The van der Waals surface area contributed by atoms with Gasteiger partial charge in [-0.15, -0.1) is 5.10 Å². The van der Waals surface area contributed by atoms with E-state index in [0.717, 1.165) is 16.9 Å². The van der Waals surface area contributed by atoms with Crippen molar-refractivity contribution >= 4 is 23.1 Å². The van der Waals surface area contributed by atoms with Crippen LogP contribution < -0.4 is 16.8 Å². The van der Waals surface area contributed by atoms with Crippen LogP contribution in [0.2, 0.25) is 0 Å². The van der Waals surface area contributed by atoms with Crippen LogP contribution in [0, 0.1) is 6.92 Å². The quantitative estimate of drug-likeness (QED) is 0.665. The maximum Gasteiger partial charge on any atom is 0.247 e. The van der Waals surface area contributed by atoms with Gasteiger partial charge in [0.05, 0.1) is 11.9 Å². The second-order valence-corrected chi connectivity index (χ2v) is 4.85. The number of nitrogens with one attached hydrogen (secondary N) is 1. The molecule has 0 saturated carbocycles. The molecule has 2 aromatic heterocycles. The number of hydrogen-bond donors (Lipinski definition) is 3. The van der Waals surface area contributed by atoms with Crippen LogP contribution in [0.1, 0.15) is 11.3 Å². The Morgan fingerprint density at radius 1 is 1.29 bits per heavy atom. The Balaban J connectivity index is 1.95. The summed E-state index contributed by atoms with van der Waals surface area (Å²) in [6.07, 6.45) is 2.45. The summed E-state index contributed by atoms with van der Waals surface area (Å²) in [4.78, 5) is 8.63. The third kappa shape index (κ3) is 2.77. The molecule has 0 atom stereocenters. The predicted octanol–water partition coefficient (Wildman–Crippen LogP) is 1.26. The van der Waals surface area contributed by atoms with Crippen molar-refractivity contribution in [1.29, 1.82) is 0 Å². The molecule has 7 nitrogen and oxygen atoms in total. The van der Waals surface area contributed by atoms with Crippen molar-refractivity contribution < 1.29 is 0 Å². The Bertz CT molecular complexity index is 778. The lowest BCUT2D eigenvalue weighted by molar-refractivity contribution is 0.870. The van der Waals surface area contributed by atoms with Crippen molar-refractivity contribution in [2.24, 2.45) is 5.73 Å². The average Bonchev–Trinajstić information content (AvgIpc) is 2.82. The van der Waals surface area contributed by atoms with Gasteiger partial charge in [-0.25, -0.2) is 9.50 Å². The highest BCUT2D eigenvalue weighted by atomic mass is 15.4. The number of benzene rings is 1. The third-order valence-corrected chi connectivity index (χ3v) is 3.07. The van der Waals surface area contributed by atoms with Gasteiger partial charge in [0.1, 0.15) is 0 Å². The standard InChI is InChI=1S/C14H17N7/c1-9-3-2-4-10(7-9)18-14-19-13-12(16)17-11(5-6-15)8-21(13)20-14/h2-4,7-8H,5-6,15H2,1H3,(H2,16,17)(H,18,20). The highest BCUT2D eigenvalue weighted by molar-refractivity contribution is 5.63. The zero-order valence-electron chi connectivity index (χ0n) is 11.7. The molecule has 0 aliphatic carbocycles. The lowest BCUT2D eigenvalue weighted by Gasteiger charge is -2.01. The van der Waals surface area contributed by atoms with Gasteiger partial charge in [0.15, 0.2) is 11.5 Å². The summed E-state index contributed by atoms with van der Waals surface area (Å²) in [5.74, 6) is 0.838. The number of aromatic nitrogens is 4. The maximum atomic E-state index is 5.92. The van der Waals surface area contributed by atoms with Crippen LogP contribution >= 0.6 is 0 Å². The lowest BCUT2D eigenvalue weighted by atomic mass is 10.2. The van der Waals surface area contributed by atoms with Gasteiger partial charge in [0, 0.05) is 12.1 Å². The van der Waals surface area contributed by atoms with Crippen molar-refractivity contribution in [2.75, 3.05) is 17.6 Å². The molecule has 3 aromatic rings. The van der Waals surface area contributed by atoms with Crippen molar-refractivity contribution in [3.8, 4) is 0 Å². The van der Waals surface area contributed by atoms with Gasteiger partial charge < -0.3 is 16.8 Å². The van der Waals surface area contributed by atoms with E-state index in [1.807, 2.05) is 31.2 Å². The monoisotopic (exact) mass is 283 g/mol. The summed E-state index contributed by atoms with van der Waals surface area (Å²) in [6.45, 7) is 2.55. The number of fused-ring (bicyclic) bond motifs is 1. The fraction of sp³-hybridized carbons (Fsp3) is 0.214. The van der Waals surface area contributed by atoms with Gasteiger partial charge in [-0.3, -0.25) is 0 Å². The number of nitrogens with two attached hydrogens (primary N) is 2.